The van der Waals surface area contributed by atoms with Gasteiger partial charge in [0.15, 0.2) is 0 Å². The molecule has 1 fully saturated rings. The Bertz CT molecular complexity index is 493. The number of amides is 1. The van der Waals surface area contributed by atoms with E-state index in [1.807, 2.05) is 19.9 Å². The third-order valence-electron chi connectivity index (χ3n) is 3.95. The summed E-state index contributed by atoms with van der Waals surface area (Å²) in [6.07, 6.45) is 1.80. The van der Waals surface area contributed by atoms with E-state index in [1.165, 1.54) is 0 Å². The topological polar surface area (TPSA) is 64.3 Å². The van der Waals surface area contributed by atoms with E-state index in [0.717, 1.165) is 35.3 Å². The van der Waals surface area contributed by atoms with Crippen molar-refractivity contribution in [2.24, 2.45) is 11.1 Å². The number of nitrogens with one attached hydrogen (secondary N) is 1. The molecule has 0 unspecified atom stereocenters. The first-order valence-corrected chi connectivity index (χ1v) is 6.65. The van der Waals surface area contributed by atoms with Crippen LogP contribution in [0.15, 0.2) is 12.1 Å². The minimum Gasteiger partial charge on any atom is -0.496 e. The van der Waals surface area contributed by atoms with Gasteiger partial charge in [0.2, 0.25) is 5.91 Å². The normalized spacial score (nSPS) is 16.0. The zero-order valence-corrected chi connectivity index (χ0v) is 11.9. The van der Waals surface area contributed by atoms with Crippen LogP contribution in [0.2, 0.25) is 0 Å². The molecule has 0 bridgehead atoms. The molecule has 0 atom stereocenters. The predicted molar refractivity (Wildman–Crippen MR) is 75.0 cm³/mol. The molecular weight excluding hydrogens is 240 g/mol. The van der Waals surface area contributed by atoms with E-state index in [1.54, 1.807) is 7.11 Å². The highest BCUT2D eigenvalue weighted by Gasteiger charge is 2.48. The second kappa shape index (κ2) is 5.21. The number of carbonyl (C=O) groups excluding carboxylic acids is 1. The van der Waals surface area contributed by atoms with E-state index in [9.17, 15) is 4.79 Å². The molecule has 0 spiro atoms. The van der Waals surface area contributed by atoms with Crippen LogP contribution in [0.25, 0.3) is 0 Å². The molecule has 1 amide bonds. The first kappa shape index (κ1) is 13.9. The molecule has 1 aromatic carbocycles. The molecule has 0 heterocycles. The third kappa shape index (κ3) is 2.73. The van der Waals surface area contributed by atoms with E-state index < -0.39 is 0 Å². The fourth-order valence-corrected chi connectivity index (χ4v) is 2.40. The number of aryl methyl sites for hydroxylation is 2. The van der Waals surface area contributed by atoms with Crippen molar-refractivity contribution in [3.8, 4) is 5.75 Å². The Morgan fingerprint density at radius 1 is 1.42 bits per heavy atom. The summed E-state index contributed by atoms with van der Waals surface area (Å²) in [7, 11) is 1.65. The minimum atomic E-state index is -0.300. The van der Waals surface area contributed by atoms with E-state index in [2.05, 4.69) is 11.4 Å². The number of ether oxygens (including phenoxy) is 1. The van der Waals surface area contributed by atoms with Crippen LogP contribution < -0.4 is 15.8 Å². The minimum absolute atomic E-state index is 0.0667. The number of hydrogen-bond donors (Lipinski definition) is 2. The standard InChI is InChI=1S/C15H22N2O2/c1-10-6-11(2)12(13(7-10)19-3)8-17-14(18)15(9-16)4-5-15/h6-7H,4-5,8-9,16H2,1-3H3,(H,17,18). The van der Waals surface area contributed by atoms with Crippen LogP contribution in [-0.2, 0) is 11.3 Å². The fourth-order valence-electron chi connectivity index (χ4n) is 2.40. The zero-order valence-electron chi connectivity index (χ0n) is 11.9. The predicted octanol–water partition coefficient (Wildman–Crippen LogP) is 1.67. The van der Waals surface area contributed by atoms with Crippen LogP contribution in [0.1, 0.15) is 29.5 Å². The van der Waals surface area contributed by atoms with Crippen LogP contribution in [0.3, 0.4) is 0 Å². The molecule has 1 saturated carbocycles. The largest absolute Gasteiger partial charge is 0.496 e. The molecule has 0 saturated heterocycles. The van der Waals surface area contributed by atoms with Gasteiger partial charge in [0.05, 0.1) is 12.5 Å². The summed E-state index contributed by atoms with van der Waals surface area (Å²) in [5.74, 6) is 0.896. The molecule has 4 nitrogen and oxygen atoms in total. The van der Waals surface area contributed by atoms with Gasteiger partial charge >= 0.3 is 0 Å². The van der Waals surface area contributed by atoms with Crippen molar-refractivity contribution >= 4 is 5.91 Å². The quantitative estimate of drug-likeness (QED) is 0.848. The van der Waals surface area contributed by atoms with Crippen molar-refractivity contribution in [2.75, 3.05) is 13.7 Å². The molecule has 2 rings (SSSR count). The molecule has 104 valence electrons. The smallest absolute Gasteiger partial charge is 0.227 e. The number of benzene rings is 1. The number of methoxy groups -OCH3 is 1. The van der Waals surface area contributed by atoms with Gasteiger partial charge in [0.1, 0.15) is 5.75 Å². The molecule has 4 heteroatoms. The fraction of sp³-hybridized carbons (Fsp3) is 0.533. The summed E-state index contributed by atoms with van der Waals surface area (Å²) in [5.41, 5.74) is 8.69. The van der Waals surface area contributed by atoms with Gasteiger partial charge < -0.3 is 15.8 Å². The molecule has 3 N–H and O–H groups in total. The lowest BCUT2D eigenvalue weighted by Gasteiger charge is -2.16. The lowest BCUT2D eigenvalue weighted by molar-refractivity contribution is -0.126. The SMILES string of the molecule is COc1cc(C)cc(C)c1CNC(=O)C1(CN)CC1. The lowest BCUT2D eigenvalue weighted by atomic mass is 10.0. The molecule has 19 heavy (non-hydrogen) atoms. The Labute approximate surface area is 114 Å². The maximum Gasteiger partial charge on any atom is 0.227 e. The summed E-state index contributed by atoms with van der Waals surface area (Å²) in [6.45, 7) is 5.00. The maximum atomic E-state index is 12.1. The Balaban J connectivity index is 2.09. The molecule has 1 aromatic rings. The van der Waals surface area contributed by atoms with Crippen LogP contribution in [0.4, 0.5) is 0 Å². The lowest BCUT2D eigenvalue weighted by Crippen LogP contribution is -2.36. The highest BCUT2D eigenvalue weighted by Crippen LogP contribution is 2.44. The molecule has 0 aliphatic heterocycles. The molecule has 1 aliphatic carbocycles. The summed E-state index contributed by atoms with van der Waals surface area (Å²) >= 11 is 0. The molecule has 0 aromatic heterocycles. The summed E-state index contributed by atoms with van der Waals surface area (Å²) in [5, 5.41) is 2.99. The van der Waals surface area contributed by atoms with E-state index in [4.69, 9.17) is 10.5 Å². The van der Waals surface area contributed by atoms with Crippen molar-refractivity contribution in [2.45, 2.75) is 33.2 Å². The van der Waals surface area contributed by atoms with Crippen molar-refractivity contribution in [3.63, 3.8) is 0 Å². The third-order valence-corrected chi connectivity index (χ3v) is 3.95. The molecular formula is C15H22N2O2. The van der Waals surface area contributed by atoms with Gasteiger partial charge in [-0.25, -0.2) is 0 Å². The van der Waals surface area contributed by atoms with E-state index in [0.29, 0.717) is 13.1 Å². The van der Waals surface area contributed by atoms with Crippen molar-refractivity contribution in [3.05, 3.63) is 28.8 Å². The second-order valence-corrected chi connectivity index (χ2v) is 5.43. The van der Waals surface area contributed by atoms with Crippen LogP contribution in [0, 0.1) is 19.3 Å². The van der Waals surface area contributed by atoms with Crippen LogP contribution in [0.5, 0.6) is 5.75 Å². The number of hydrogen-bond acceptors (Lipinski definition) is 3. The van der Waals surface area contributed by atoms with E-state index >= 15 is 0 Å². The number of carbonyl (C=O) groups is 1. The van der Waals surface area contributed by atoms with Crippen molar-refractivity contribution in [1.29, 1.82) is 0 Å². The summed E-state index contributed by atoms with van der Waals surface area (Å²) in [6, 6.07) is 4.09. The van der Waals surface area contributed by atoms with Gasteiger partial charge in [-0.05, 0) is 43.9 Å². The van der Waals surface area contributed by atoms with Gasteiger partial charge in [-0.2, -0.15) is 0 Å². The molecule has 1 aliphatic rings. The van der Waals surface area contributed by atoms with Gasteiger partial charge in [-0.15, -0.1) is 0 Å². The van der Waals surface area contributed by atoms with Gasteiger partial charge in [-0.3, -0.25) is 4.79 Å². The first-order chi connectivity index (χ1) is 9.02. The summed E-state index contributed by atoms with van der Waals surface area (Å²) in [4.78, 5) is 12.1. The van der Waals surface area contributed by atoms with Crippen molar-refractivity contribution in [1.82, 2.24) is 5.32 Å². The Morgan fingerprint density at radius 3 is 2.63 bits per heavy atom. The van der Waals surface area contributed by atoms with Gasteiger partial charge in [-0.1, -0.05) is 6.07 Å². The average molecular weight is 262 g/mol. The van der Waals surface area contributed by atoms with Crippen molar-refractivity contribution < 1.29 is 9.53 Å². The Hall–Kier alpha value is -1.55. The first-order valence-electron chi connectivity index (χ1n) is 6.65. The number of rotatable bonds is 5. The second-order valence-electron chi connectivity index (χ2n) is 5.43. The highest BCUT2D eigenvalue weighted by atomic mass is 16.5. The van der Waals surface area contributed by atoms with Crippen LogP contribution >= 0.6 is 0 Å². The zero-order chi connectivity index (χ0) is 14.0. The average Bonchev–Trinajstić information content (AvgIpc) is 3.17. The Morgan fingerprint density at radius 2 is 2.11 bits per heavy atom. The van der Waals surface area contributed by atoms with E-state index in [-0.39, 0.29) is 11.3 Å². The van der Waals surface area contributed by atoms with Gasteiger partial charge in [0, 0.05) is 18.7 Å². The maximum absolute atomic E-state index is 12.1. The molecule has 0 radical (unpaired) electrons. The summed E-state index contributed by atoms with van der Waals surface area (Å²) < 4.78 is 5.39. The highest BCUT2D eigenvalue weighted by molar-refractivity contribution is 5.85. The van der Waals surface area contributed by atoms with Crippen LogP contribution in [-0.4, -0.2) is 19.6 Å². The number of nitrogens with two attached hydrogens (primary N) is 1. The monoisotopic (exact) mass is 262 g/mol. The Kier molecular flexibility index (Phi) is 3.80. The van der Waals surface area contributed by atoms with Gasteiger partial charge in [0.25, 0.3) is 0 Å².